The summed E-state index contributed by atoms with van der Waals surface area (Å²) in [7, 11) is 17.6. The van der Waals surface area contributed by atoms with Crippen LogP contribution in [0, 0.1) is 22.2 Å². The molecule has 3 aliphatic rings. The molecule has 1 unspecified atom stereocenters. The summed E-state index contributed by atoms with van der Waals surface area (Å²) in [6, 6.07) is 0. The van der Waals surface area contributed by atoms with Crippen molar-refractivity contribution in [1.29, 1.82) is 0 Å². The molecule has 0 aromatic carbocycles. The second-order valence-electron chi connectivity index (χ2n) is 15.4. The molecule has 0 fully saturated rings. The predicted molar refractivity (Wildman–Crippen MR) is 163 cm³/mol. The maximum absolute atomic E-state index is 8.78. The van der Waals surface area contributed by atoms with Gasteiger partial charge < -0.3 is 0 Å². The Morgan fingerprint density at radius 3 is 1.36 bits per heavy atom. The molecule has 0 bridgehead atoms. The summed E-state index contributed by atoms with van der Waals surface area (Å²) >= 11 is -5.77. The van der Waals surface area contributed by atoms with Crippen LogP contribution in [0.4, 0.5) is 0 Å². The minimum absolute atomic E-state index is 0.0381. The van der Waals surface area contributed by atoms with E-state index in [4.69, 9.17) is 17.0 Å². The standard InChI is InChI=1S/3C10H15.C3H6.2ClH.Zr/c3*1-8-5-6-9(7-8)10(2,3)4;1-3-2;;;/h2*7H,6H2,1-4H3;6-8H,1-4H3;1-2H3;2*1H;/q;;;;;;+2/p-2. The van der Waals surface area contributed by atoms with Crippen molar-refractivity contribution in [2.45, 2.75) is 110 Å². The van der Waals surface area contributed by atoms with Crippen LogP contribution < -0.4 is 0 Å². The molecule has 0 amide bonds. The third kappa shape index (κ3) is 4.13. The summed E-state index contributed by atoms with van der Waals surface area (Å²) in [5.41, 5.74) is 6.97. The van der Waals surface area contributed by atoms with Gasteiger partial charge in [0.05, 0.1) is 0 Å². The van der Waals surface area contributed by atoms with Crippen LogP contribution in [-0.4, -0.2) is 3.21 Å². The van der Waals surface area contributed by atoms with E-state index in [1.165, 1.54) is 40.9 Å². The molecular weight excluding hydrogens is 558 g/mol. The second-order valence-corrected chi connectivity index (χ2v) is 42.3. The third-order valence-electron chi connectivity index (χ3n) is 9.63. The summed E-state index contributed by atoms with van der Waals surface area (Å²) in [4.78, 5) is 0. The molecular formula is C33H51Cl2Zr. The van der Waals surface area contributed by atoms with Crippen molar-refractivity contribution in [2.24, 2.45) is 22.2 Å². The Balaban J connectivity index is 2.52. The molecule has 0 aromatic rings. The van der Waals surface area contributed by atoms with Gasteiger partial charge in [-0.15, -0.1) is 0 Å². The van der Waals surface area contributed by atoms with Gasteiger partial charge in [-0.05, 0) is 0 Å². The van der Waals surface area contributed by atoms with E-state index >= 15 is 0 Å². The Morgan fingerprint density at radius 2 is 1.11 bits per heavy atom. The van der Waals surface area contributed by atoms with Gasteiger partial charge in [0.25, 0.3) is 0 Å². The van der Waals surface area contributed by atoms with Gasteiger partial charge in [-0.3, -0.25) is 0 Å². The first-order chi connectivity index (χ1) is 15.9. The molecule has 0 heterocycles. The summed E-state index contributed by atoms with van der Waals surface area (Å²) < 4.78 is 5.16. The summed E-state index contributed by atoms with van der Waals surface area (Å²) in [6.45, 7) is 32.1. The van der Waals surface area contributed by atoms with Gasteiger partial charge >= 0.3 is 229 Å². The van der Waals surface area contributed by atoms with Crippen LogP contribution >= 0.6 is 17.0 Å². The van der Waals surface area contributed by atoms with Gasteiger partial charge in [0, 0.05) is 0 Å². The number of halogens is 2. The van der Waals surface area contributed by atoms with Crippen molar-refractivity contribution in [3.63, 3.8) is 0 Å². The van der Waals surface area contributed by atoms with E-state index in [0.29, 0.717) is 0 Å². The molecule has 0 radical (unpaired) electrons. The van der Waals surface area contributed by atoms with E-state index in [1.54, 1.807) is 0 Å². The maximum atomic E-state index is 8.78. The Morgan fingerprint density at radius 1 is 0.722 bits per heavy atom. The Hall–Kier alpha value is -0.227. The first-order valence-corrected chi connectivity index (χ1v) is 25.0. The van der Waals surface area contributed by atoms with E-state index in [-0.39, 0.29) is 22.2 Å². The van der Waals surface area contributed by atoms with Crippen molar-refractivity contribution in [2.75, 3.05) is 0 Å². The average molecular weight is 610 g/mol. The normalized spacial score (nSPS) is 23.9. The van der Waals surface area contributed by atoms with Crippen LogP contribution in [0.25, 0.3) is 0 Å². The van der Waals surface area contributed by atoms with Crippen LogP contribution in [0.15, 0.2) is 62.0 Å². The average Bonchev–Trinajstić information content (AvgIpc) is 3.38. The van der Waals surface area contributed by atoms with E-state index < -0.39 is 14.4 Å². The van der Waals surface area contributed by atoms with Crippen molar-refractivity contribution < 1.29 is 14.4 Å². The molecule has 0 N–H and O–H groups in total. The molecule has 1 atom stereocenters. The van der Waals surface area contributed by atoms with Crippen LogP contribution in [0.2, 0.25) is 0 Å². The van der Waals surface area contributed by atoms with E-state index in [2.05, 4.69) is 121 Å². The van der Waals surface area contributed by atoms with Gasteiger partial charge in [0.1, 0.15) is 0 Å². The second kappa shape index (κ2) is 8.39. The van der Waals surface area contributed by atoms with Gasteiger partial charge in [0.15, 0.2) is 0 Å². The molecule has 0 saturated heterocycles. The molecule has 3 heteroatoms. The molecule has 0 spiro atoms. The summed E-state index contributed by atoms with van der Waals surface area (Å²) in [5, 5.41) is 0. The van der Waals surface area contributed by atoms with Gasteiger partial charge in [0.2, 0.25) is 0 Å². The Labute approximate surface area is 227 Å². The molecule has 0 nitrogen and oxygen atoms in total. The van der Waals surface area contributed by atoms with E-state index in [9.17, 15) is 0 Å². The van der Waals surface area contributed by atoms with Gasteiger partial charge in [-0.25, -0.2) is 0 Å². The van der Waals surface area contributed by atoms with Crippen LogP contribution in [0.3, 0.4) is 0 Å². The fourth-order valence-electron chi connectivity index (χ4n) is 6.98. The molecule has 0 saturated carbocycles. The molecule has 36 heavy (non-hydrogen) atoms. The zero-order chi connectivity index (χ0) is 27.9. The Kier molecular flexibility index (Phi) is 7.06. The molecule has 201 valence electrons. The first kappa shape index (κ1) is 30.3. The predicted octanol–water partition coefficient (Wildman–Crippen LogP) is 11.5. The van der Waals surface area contributed by atoms with Crippen molar-refractivity contribution in [3.05, 3.63) is 62.0 Å². The molecule has 3 rings (SSSR count). The Bertz CT molecular complexity index is 1240. The minimum atomic E-state index is -5.77. The third-order valence-corrected chi connectivity index (χ3v) is 41.8. The molecule has 3 aliphatic carbocycles. The quantitative estimate of drug-likeness (QED) is 0.299. The first-order valence-electron chi connectivity index (χ1n) is 13.8. The van der Waals surface area contributed by atoms with Gasteiger partial charge in [-0.1, -0.05) is 0 Å². The van der Waals surface area contributed by atoms with Crippen molar-refractivity contribution in [1.82, 2.24) is 0 Å². The summed E-state index contributed by atoms with van der Waals surface area (Å²) in [5.74, 6) is 0.194. The van der Waals surface area contributed by atoms with Crippen molar-refractivity contribution >= 4 is 20.2 Å². The number of rotatable bonds is 3. The number of hydrogen-bond acceptors (Lipinski definition) is 0. The molecule has 0 aliphatic heterocycles. The SMILES string of the molecule is CC1=[C]([Zr]([Cl])([Cl])([C]2=CC(C(C)(C)C)=CC2C)([C]2=C(C)C=C(C(C)(C)C)C2)=[C](C)C)CC(C(C)(C)C)=C1. The monoisotopic (exact) mass is 607 g/mol. The van der Waals surface area contributed by atoms with E-state index in [1.807, 2.05) is 0 Å². The number of hydrogen-bond donors (Lipinski definition) is 0. The fraction of sp³-hybridized carbons (Fsp3) is 0.606. The topological polar surface area (TPSA) is 0 Å². The molecule has 0 aromatic heterocycles. The van der Waals surface area contributed by atoms with Crippen LogP contribution in [-0.2, 0) is 14.4 Å². The zero-order valence-corrected chi connectivity index (χ0v) is 29.5. The number of allylic oxidation sites excluding steroid dienone is 12. The summed E-state index contributed by atoms with van der Waals surface area (Å²) in [6.07, 6.45) is 11.4. The van der Waals surface area contributed by atoms with E-state index in [0.717, 1.165) is 12.8 Å². The van der Waals surface area contributed by atoms with Crippen molar-refractivity contribution in [3.8, 4) is 0 Å². The zero-order valence-electron chi connectivity index (χ0n) is 25.6. The fourth-order valence-corrected chi connectivity index (χ4v) is 33.3. The van der Waals surface area contributed by atoms with Gasteiger partial charge in [-0.2, -0.15) is 0 Å². The van der Waals surface area contributed by atoms with Crippen LogP contribution in [0.5, 0.6) is 0 Å². The van der Waals surface area contributed by atoms with Crippen LogP contribution in [0.1, 0.15) is 110 Å².